The molecule has 2 aliphatic rings. The molecular weight excluding hydrogens is 657 g/mol. The van der Waals surface area contributed by atoms with Crippen molar-refractivity contribution in [3.05, 3.63) is 83.2 Å². The van der Waals surface area contributed by atoms with Crippen molar-refractivity contribution in [3.63, 3.8) is 0 Å². The molecule has 2 amide bonds. The average molecular weight is 699 g/mol. The second-order valence-electron chi connectivity index (χ2n) is 12.9. The lowest BCUT2D eigenvalue weighted by atomic mass is 9.90. The lowest BCUT2D eigenvalue weighted by Crippen LogP contribution is -2.42. The Kier molecular flexibility index (Phi) is 10.8. The van der Waals surface area contributed by atoms with Crippen LogP contribution < -0.4 is 16.0 Å². The summed E-state index contributed by atoms with van der Waals surface area (Å²) in [6, 6.07) is 14.2. The number of anilines is 2. The van der Waals surface area contributed by atoms with Gasteiger partial charge in [-0.1, -0.05) is 26.0 Å². The minimum atomic E-state index is -4.64. The molecule has 2 aromatic heterocycles. The molecule has 0 bridgehead atoms. The topological polar surface area (TPSA) is 128 Å². The van der Waals surface area contributed by atoms with Crippen LogP contribution in [0.5, 0.6) is 0 Å². The highest BCUT2D eigenvalue weighted by Gasteiger charge is 2.35. The second-order valence-corrected chi connectivity index (χ2v) is 12.9. The van der Waals surface area contributed by atoms with Gasteiger partial charge >= 0.3 is 6.18 Å². The SMILES string of the molecule is CCN(CC)[C@H]1CC[C@H](NC/C=C/C(=O)Nc2ccc(C(=O)Nc3cccc(-c4cc5nc6n(c5cc4C(F)(F)F)CCC6)n3)cc2C#N)CC1. The number of amides is 2. The number of imidazole rings is 1. The van der Waals surface area contributed by atoms with Crippen LogP contribution in [0.15, 0.2) is 60.7 Å². The first kappa shape index (κ1) is 35.8. The zero-order valence-corrected chi connectivity index (χ0v) is 28.7. The van der Waals surface area contributed by atoms with Crippen LogP contribution in [0.3, 0.4) is 0 Å². The van der Waals surface area contributed by atoms with E-state index < -0.39 is 23.6 Å². The molecule has 0 spiro atoms. The van der Waals surface area contributed by atoms with E-state index in [2.05, 4.69) is 44.7 Å². The van der Waals surface area contributed by atoms with Crippen molar-refractivity contribution in [3.8, 4) is 17.3 Å². The molecule has 51 heavy (non-hydrogen) atoms. The van der Waals surface area contributed by atoms with Gasteiger partial charge in [-0.25, -0.2) is 9.97 Å². The van der Waals surface area contributed by atoms with Crippen LogP contribution in [0.1, 0.15) is 73.3 Å². The molecule has 0 atom stereocenters. The summed E-state index contributed by atoms with van der Waals surface area (Å²) >= 11 is 0. The van der Waals surface area contributed by atoms with Crippen LogP contribution in [0.4, 0.5) is 24.7 Å². The smallest absolute Gasteiger partial charge is 0.328 e. The number of benzene rings is 2. The molecular formula is C38H41F3N8O2. The Balaban J connectivity index is 1.08. The number of alkyl halides is 3. The fourth-order valence-electron chi connectivity index (χ4n) is 7.19. The monoisotopic (exact) mass is 698 g/mol. The standard InChI is InChI=1S/C38H41F3N8O2/c1-3-48(4-2)27-15-13-26(14-16-27)43-18-6-11-36(50)46-30-17-12-24(20-25(30)23-42)37(51)47-34-9-5-8-31(44-34)28-21-32-33(22-29(28)38(39,40)41)49-19-7-10-35(49)45-32/h5-6,8-9,11-12,17,20-22,26-27,43H,3-4,7,10,13-16,18-19H2,1-2H3,(H,46,50)(H,44,47,51)/b11-6+/t26-,27-. The van der Waals surface area contributed by atoms with Gasteiger partial charge in [0.05, 0.1) is 33.5 Å². The van der Waals surface area contributed by atoms with Gasteiger partial charge in [-0.05, 0) is 87.7 Å². The van der Waals surface area contributed by atoms with Crippen molar-refractivity contribution in [1.82, 2.24) is 24.8 Å². The number of nitriles is 1. The zero-order valence-electron chi connectivity index (χ0n) is 28.7. The third-order valence-corrected chi connectivity index (χ3v) is 9.80. The van der Waals surface area contributed by atoms with Crippen molar-refractivity contribution in [1.29, 1.82) is 5.26 Å². The largest absolute Gasteiger partial charge is 0.417 e. The first-order chi connectivity index (χ1) is 24.6. The number of pyridine rings is 1. The number of halogens is 3. The van der Waals surface area contributed by atoms with Crippen LogP contribution in [0.25, 0.3) is 22.3 Å². The fraction of sp³-hybridized carbons (Fsp3) is 0.395. The number of fused-ring (bicyclic) bond motifs is 3. The first-order valence-corrected chi connectivity index (χ1v) is 17.5. The van der Waals surface area contributed by atoms with Gasteiger partial charge in [-0.2, -0.15) is 18.4 Å². The molecule has 1 aliphatic heterocycles. The van der Waals surface area contributed by atoms with Crippen molar-refractivity contribution >= 4 is 34.4 Å². The van der Waals surface area contributed by atoms with Gasteiger partial charge in [0, 0.05) is 48.8 Å². The zero-order chi connectivity index (χ0) is 36.1. The Morgan fingerprint density at radius 2 is 1.82 bits per heavy atom. The molecule has 10 nitrogen and oxygen atoms in total. The Morgan fingerprint density at radius 3 is 2.55 bits per heavy atom. The number of hydrogen-bond donors (Lipinski definition) is 3. The normalized spacial score (nSPS) is 17.5. The number of aryl methyl sites for hydroxylation is 2. The molecule has 266 valence electrons. The molecule has 0 saturated heterocycles. The summed E-state index contributed by atoms with van der Waals surface area (Å²) in [6.45, 7) is 7.70. The highest BCUT2D eigenvalue weighted by atomic mass is 19.4. The number of carbonyl (C=O) groups is 2. The number of hydrogen-bond acceptors (Lipinski definition) is 7. The van der Waals surface area contributed by atoms with Crippen molar-refractivity contribution in [2.45, 2.75) is 77.2 Å². The molecule has 3 N–H and O–H groups in total. The quantitative estimate of drug-likeness (QED) is 0.145. The minimum absolute atomic E-state index is 0.0249. The summed E-state index contributed by atoms with van der Waals surface area (Å²) in [4.78, 5) is 37.2. The first-order valence-electron chi connectivity index (χ1n) is 17.5. The van der Waals surface area contributed by atoms with Crippen LogP contribution in [0, 0.1) is 11.3 Å². The van der Waals surface area contributed by atoms with Gasteiger partial charge in [0.2, 0.25) is 5.91 Å². The summed E-state index contributed by atoms with van der Waals surface area (Å²) in [5.74, 6) is -0.240. The molecule has 4 aromatic rings. The molecule has 1 aliphatic carbocycles. The lowest BCUT2D eigenvalue weighted by Gasteiger charge is -2.36. The van der Waals surface area contributed by atoms with Crippen molar-refractivity contribution < 1.29 is 22.8 Å². The third-order valence-electron chi connectivity index (χ3n) is 9.80. The van der Waals surface area contributed by atoms with Gasteiger partial charge in [0.25, 0.3) is 5.91 Å². The average Bonchev–Trinajstić information content (AvgIpc) is 3.72. The minimum Gasteiger partial charge on any atom is -0.328 e. The molecule has 13 heteroatoms. The summed E-state index contributed by atoms with van der Waals surface area (Å²) < 4.78 is 44.6. The van der Waals surface area contributed by atoms with Crippen LogP contribution in [0.2, 0.25) is 0 Å². The third kappa shape index (κ3) is 8.13. The predicted molar refractivity (Wildman–Crippen MR) is 190 cm³/mol. The number of rotatable bonds is 11. The summed E-state index contributed by atoms with van der Waals surface area (Å²) in [5, 5.41) is 18.6. The Morgan fingerprint density at radius 1 is 1.04 bits per heavy atom. The van der Waals surface area contributed by atoms with Crippen molar-refractivity contribution in [2.75, 3.05) is 30.3 Å². The van der Waals surface area contributed by atoms with Gasteiger partial charge in [0.1, 0.15) is 17.7 Å². The summed E-state index contributed by atoms with van der Waals surface area (Å²) in [5.41, 5.74) is 0.359. The maximum Gasteiger partial charge on any atom is 0.417 e. The van der Waals surface area contributed by atoms with Crippen molar-refractivity contribution in [2.24, 2.45) is 0 Å². The van der Waals surface area contributed by atoms with Crippen LogP contribution in [-0.2, 0) is 23.9 Å². The molecule has 0 unspecified atom stereocenters. The Hall–Kier alpha value is -5.06. The second kappa shape index (κ2) is 15.4. The van der Waals surface area contributed by atoms with Crippen LogP contribution in [-0.4, -0.2) is 63.0 Å². The number of carbonyl (C=O) groups excluding carboxylic acids is 2. The summed E-state index contributed by atoms with van der Waals surface area (Å²) in [7, 11) is 0. The highest BCUT2D eigenvalue weighted by molar-refractivity contribution is 6.05. The molecule has 0 radical (unpaired) electrons. The molecule has 3 heterocycles. The maximum atomic E-state index is 14.2. The summed E-state index contributed by atoms with van der Waals surface area (Å²) in [6.07, 6.45) is 4.57. The van der Waals surface area contributed by atoms with E-state index in [9.17, 15) is 28.0 Å². The molecule has 1 saturated carbocycles. The van der Waals surface area contributed by atoms with E-state index in [0.29, 0.717) is 42.6 Å². The van der Waals surface area contributed by atoms with E-state index in [0.717, 1.165) is 57.1 Å². The van der Waals surface area contributed by atoms with Gasteiger partial charge in [-0.15, -0.1) is 0 Å². The van der Waals surface area contributed by atoms with E-state index in [1.807, 2.05) is 10.6 Å². The number of aromatic nitrogens is 3. The Labute approximate surface area is 294 Å². The van der Waals surface area contributed by atoms with E-state index in [1.165, 1.54) is 48.5 Å². The van der Waals surface area contributed by atoms with E-state index >= 15 is 0 Å². The van der Waals surface area contributed by atoms with Gasteiger partial charge in [0.15, 0.2) is 0 Å². The predicted octanol–water partition coefficient (Wildman–Crippen LogP) is 6.92. The maximum absolute atomic E-state index is 14.2. The molecule has 1 fully saturated rings. The molecule has 2 aromatic carbocycles. The Bertz CT molecular complexity index is 1990. The van der Waals surface area contributed by atoms with Crippen LogP contribution >= 0.6 is 0 Å². The number of nitrogens with zero attached hydrogens (tertiary/aromatic N) is 5. The van der Waals surface area contributed by atoms with Gasteiger partial charge in [-0.3, -0.25) is 9.59 Å². The lowest BCUT2D eigenvalue weighted by molar-refractivity contribution is -0.137. The fourth-order valence-corrected chi connectivity index (χ4v) is 7.19. The van der Waals surface area contributed by atoms with E-state index in [1.54, 1.807) is 6.08 Å². The number of nitrogens with one attached hydrogen (secondary N) is 3. The van der Waals surface area contributed by atoms with E-state index in [4.69, 9.17) is 0 Å². The van der Waals surface area contributed by atoms with Gasteiger partial charge < -0.3 is 25.4 Å². The highest BCUT2D eigenvalue weighted by Crippen LogP contribution is 2.40. The molecule has 6 rings (SSSR count). The van der Waals surface area contributed by atoms with E-state index in [-0.39, 0.29) is 33.9 Å².